The third kappa shape index (κ3) is 3.41. The van der Waals surface area contributed by atoms with E-state index in [1.807, 2.05) is 18.3 Å². The number of nitrogens with two attached hydrogens (primary N) is 1. The molecule has 10 heteroatoms. The van der Waals surface area contributed by atoms with E-state index in [0.717, 1.165) is 62.2 Å². The molecule has 7 nitrogen and oxygen atoms in total. The van der Waals surface area contributed by atoms with E-state index >= 15 is 0 Å². The van der Waals surface area contributed by atoms with E-state index in [1.54, 1.807) is 41.1 Å². The fraction of sp³-hybridized carbons (Fsp3) is 0.381. The maximum atomic E-state index is 6.41. The van der Waals surface area contributed by atoms with Crippen LogP contribution in [0.1, 0.15) is 29.8 Å². The fourth-order valence-corrected chi connectivity index (χ4v) is 7.96. The maximum absolute atomic E-state index is 6.41. The highest BCUT2D eigenvalue weighted by molar-refractivity contribution is 8.00. The van der Waals surface area contributed by atoms with Crippen LogP contribution >= 0.6 is 34.9 Å². The van der Waals surface area contributed by atoms with Gasteiger partial charge in [0.25, 0.3) is 0 Å². The van der Waals surface area contributed by atoms with Crippen molar-refractivity contribution in [3.63, 3.8) is 0 Å². The predicted octanol–water partition coefficient (Wildman–Crippen LogP) is 4.49. The molecule has 4 aromatic heterocycles. The molecule has 0 amide bonds. The molecule has 1 aliphatic carbocycles. The van der Waals surface area contributed by atoms with Crippen molar-refractivity contribution in [2.75, 3.05) is 17.2 Å². The molecule has 0 bridgehead atoms. The van der Waals surface area contributed by atoms with Crippen molar-refractivity contribution in [3.8, 4) is 11.4 Å². The number of aryl methyl sites for hydroxylation is 1. The number of hydrogen-bond donors (Lipinski definition) is 1. The first kappa shape index (κ1) is 19.5. The molecule has 0 saturated heterocycles. The van der Waals surface area contributed by atoms with Gasteiger partial charge in [-0.05, 0) is 42.9 Å². The van der Waals surface area contributed by atoms with Gasteiger partial charge in [-0.2, -0.15) is 0 Å². The van der Waals surface area contributed by atoms with Gasteiger partial charge in [-0.1, -0.05) is 30.4 Å². The molecule has 0 spiro atoms. The van der Waals surface area contributed by atoms with Crippen LogP contribution in [-0.2, 0) is 12.8 Å². The number of thioether (sulfide) groups is 2. The summed E-state index contributed by atoms with van der Waals surface area (Å²) in [6.07, 6.45) is 7.04. The third-order valence-corrected chi connectivity index (χ3v) is 9.15. The van der Waals surface area contributed by atoms with Crippen LogP contribution in [0.3, 0.4) is 0 Å². The zero-order chi connectivity index (χ0) is 20.9. The van der Waals surface area contributed by atoms with Crippen molar-refractivity contribution in [2.24, 2.45) is 5.92 Å². The molecular formula is C21H21N7S3. The monoisotopic (exact) mass is 467 g/mol. The Labute approximate surface area is 192 Å². The average Bonchev–Trinajstić information content (AvgIpc) is 3.46. The Morgan fingerprint density at radius 1 is 1.29 bits per heavy atom. The number of pyridine rings is 1. The summed E-state index contributed by atoms with van der Waals surface area (Å²) in [5.74, 6) is 4.04. The number of nitrogens with zero attached hydrogens (tertiary/aromatic N) is 6. The first-order valence-electron chi connectivity index (χ1n) is 10.4. The highest BCUT2D eigenvalue weighted by atomic mass is 32.2. The van der Waals surface area contributed by atoms with Gasteiger partial charge in [-0.15, -0.1) is 21.5 Å². The van der Waals surface area contributed by atoms with E-state index in [4.69, 9.17) is 10.7 Å². The highest BCUT2D eigenvalue weighted by Gasteiger charge is 2.29. The Balaban J connectivity index is 1.26. The molecule has 0 radical (unpaired) electrons. The largest absolute Gasteiger partial charge is 0.383 e. The lowest BCUT2D eigenvalue weighted by Gasteiger charge is -2.17. The molecule has 0 aromatic carbocycles. The number of aromatic nitrogens is 6. The van der Waals surface area contributed by atoms with E-state index < -0.39 is 0 Å². The molecule has 2 aliphatic rings. The molecule has 31 heavy (non-hydrogen) atoms. The highest BCUT2D eigenvalue weighted by Crippen LogP contribution is 2.41. The first-order chi connectivity index (χ1) is 15.2. The number of nitrogen functional groups attached to an aromatic ring is 1. The molecule has 2 atom stereocenters. The first-order valence-corrected chi connectivity index (χ1v) is 13.1. The summed E-state index contributed by atoms with van der Waals surface area (Å²) >= 11 is 5.20. The Hall–Kier alpha value is -2.17. The van der Waals surface area contributed by atoms with Gasteiger partial charge in [0.1, 0.15) is 10.6 Å². The number of thiophene rings is 1. The van der Waals surface area contributed by atoms with Gasteiger partial charge in [0.15, 0.2) is 16.1 Å². The van der Waals surface area contributed by atoms with Crippen LogP contribution in [0.2, 0.25) is 0 Å². The second-order valence-electron chi connectivity index (χ2n) is 8.12. The zero-order valence-corrected chi connectivity index (χ0v) is 19.4. The summed E-state index contributed by atoms with van der Waals surface area (Å²) in [5.41, 5.74) is 8.78. The quantitative estimate of drug-likeness (QED) is 0.346. The molecular weight excluding hydrogens is 446 g/mol. The molecule has 158 valence electrons. The topological polar surface area (TPSA) is 95.4 Å². The second kappa shape index (κ2) is 7.75. The van der Waals surface area contributed by atoms with Crippen LogP contribution in [0.15, 0.2) is 34.8 Å². The van der Waals surface area contributed by atoms with Crippen LogP contribution in [0.25, 0.3) is 21.6 Å². The lowest BCUT2D eigenvalue weighted by molar-refractivity contribution is 0.509. The summed E-state index contributed by atoms with van der Waals surface area (Å²) < 4.78 is 2.22. The van der Waals surface area contributed by atoms with Crippen LogP contribution in [0.4, 0.5) is 5.82 Å². The Kier molecular flexibility index (Phi) is 4.88. The van der Waals surface area contributed by atoms with Crippen LogP contribution in [0.5, 0.6) is 0 Å². The SMILES string of the molecule is CC1CCc2c(sc3nc(SCC4CSc5nnc(-c6cccnc6)n54)nc(N)c23)C1. The lowest BCUT2D eigenvalue weighted by Crippen LogP contribution is -2.11. The van der Waals surface area contributed by atoms with Gasteiger partial charge >= 0.3 is 0 Å². The molecule has 2 N–H and O–H groups in total. The van der Waals surface area contributed by atoms with E-state index in [1.165, 1.54) is 16.9 Å². The number of anilines is 1. The summed E-state index contributed by atoms with van der Waals surface area (Å²) in [4.78, 5) is 16.3. The van der Waals surface area contributed by atoms with Gasteiger partial charge < -0.3 is 5.73 Å². The third-order valence-electron chi connectivity index (χ3n) is 5.92. The summed E-state index contributed by atoms with van der Waals surface area (Å²) in [6.45, 7) is 2.32. The van der Waals surface area contributed by atoms with E-state index in [2.05, 4.69) is 31.7 Å². The predicted molar refractivity (Wildman–Crippen MR) is 127 cm³/mol. The smallest absolute Gasteiger partial charge is 0.191 e. The normalized spacial score (nSPS) is 20.2. The van der Waals surface area contributed by atoms with Crippen LogP contribution in [-0.4, -0.2) is 41.2 Å². The summed E-state index contributed by atoms with van der Waals surface area (Å²) in [5, 5.41) is 11.6. The van der Waals surface area contributed by atoms with Crippen LogP contribution in [0, 0.1) is 5.92 Å². The van der Waals surface area contributed by atoms with Crippen molar-refractivity contribution in [1.29, 1.82) is 0 Å². The Bertz CT molecular complexity index is 1270. The fourth-order valence-electron chi connectivity index (χ4n) is 4.35. The lowest BCUT2D eigenvalue weighted by atomic mass is 9.89. The van der Waals surface area contributed by atoms with Crippen LogP contribution < -0.4 is 5.73 Å². The minimum atomic E-state index is 0.271. The number of fused-ring (bicyclic) bond motifs is 4. The zero-order valence-electron chi connectivity index (χ0n) is 17.0. The van der Waals surface area contributed by atoms with Crippen molar-refractivity contribution < 1.29 is 0 Å². The molecule has 6 rings (SSSR count). The molecule has 0 fully saturated rings. The maximum Gasteiger partial charge on any atom is 0.191 e. The number of hydrogen-bond acceptors (Lipinski definition) is 9. The van der Waals surface area contributed by atoms with Gasteiger partial charge in [-0.3, -0.25) is 9.55 Å². The number of rotatable bonds is 4. The molecule has 2 unspecified atom stereocenters. The van der Waals surface area contributed by atoms with Gasteiger partial charge in [0.2, 0.25) is 0 Å². The van der Waals surface area contributed by atoms with E-state index in [9.17, 15) is 0 Å². The molecule has 1 aliphatic heterocycles. The minimum Gasteiger partial charge on any atom is -0.383 e. The Morgan fingerprint density at radius 2 is 2.23 bits per heavy atom. The van der Waals surface area contributed by atoms with Gasteiger partial charge in [0.05, 0.1) is 11.4 Å². The molecule has 0 saturated carbocycles. The van der Waals surface area contributed by atoms with Gasteiger partial charge in [0, 0.05) is 34.3 Å². The summed E-state index contributed by atoms with van der Waals surface area (Å²) in [7, 11) is 0. The van der Waals surface area contributed by atoms with Gasteiger partial charge in [-0.25, -0.2) is 9.97 Å². The Morgan fingerprint density at radius 3 is 3.10 bits per heavy atom. The molecule has 5 heterocycles. The second-order valence-corrected chi connectivity index (χ2v) is 11.2. The average molecular weight is 468 g/mol. The van der Waals surface area contributed by atoms with Crippen molar-refractivity contribution >= 4 is 50.9 Å². The molecule has 4 aromatic rings. The van der Waals surface area contributed by atoms with E-state index in [-0.39, 0.29) is 6.04 Å². The van der Waals surface area contributed by atoms with Crippen molar-refractivity contribution in [2.45, 2.75) is 42.5 Å². The minimum absolute atomic E-state index is 0.271. The van der Waals surface area contributed by atoms with Crippen molar-refractivity contribution in [3.05, 3.63) is 35.0 Å². The summed E-state index contributed by atoms with van der Waals surface area (Å²) in [6, 6.07) is 4.22. The standard InChI is InChI=1S/C21H21N7S3/c1-11-4-5-14-15(7-11)31-19-16(14)17(22)24-20(25-19)29-9-13-10-30-21-27-26-18(28(13)21)12-3-2-6-23-8-12/h2-3,6,8,11,13H,4-5,7,9-10H2,1H3,(H2,22,24,25). The van der Waals surface area contributed by atoms with Crippen molar-refractivity contribution in [1.82, 2.24) is 29.7 Å². The van der Waals surface area contributed by atoms with E-state index in [0.29, 0.717) is 5.82 Å².